The number of carboxylic acid groups (broad SMARTS) is 1. The lowest BCUT2D eigenvalue weighted by Gasteiger charge is -2.34. The zero-order chi connectivity index (χ0) is 31.8. The maximum atomic E-state index is 13.8. The van der Waals surface area contributed by atoms with Crippen molar-refractivity contribution in [2.75, 3.05) is 61.5 Å². The van der Waals surface area contributed by atoms with Crippen molar-refractivity contribution in [1.82, 2.24) is 9.88 Å². The van der Waals surface area contributed by atoms with Crippen LogP contribution in [0.15, 0.2) is 42.6 Å². The Morgan fingerprint density at radius 3 is 2.52 bits per heavy atom. The fourth-order valence-electron chi connectivity index (χ4n) is 4.67. The van der Waals surface area contributed by atoms with E-state index in [1.165, 1.54) is 18.2 Å². The number of ether oxygens (including phenoxy) is 2. The van der Waals surface area contributed by atoms with E-state index in [1.54, 1.807) is 4.90 Å². The van der Waals surface area contributed by atoms with E-state index in [1.807, 2.05) is 7.05 Å². The summed E-state index contributed by atoms with van der Waals surface area (Å²) < 4.78 is 52.5. The average Bonchev–Trinajstić information content (AvgIpc) is 2.97. The third kappa shape index (κ3) is 6.40. The normalized spacial score (nSPS) is 15.3. The van der Waals surface area contributed by atoms with Gasteiger partial charge in [-0.3, -0.25) is 19.8 Å². The zero-order valence-electron chi connectivity index (χ0n) is 22.9. The van der Waals surface area contributed by atoms with Crippen LogP contribution >= 0.6 is 11.6 Å². The summed E-state index contributed by atoms with van der Waals surface area (Å²) in [5.41, 5.74) is -1.50. The predicted molar refractivity (Wildman–Crippen MR) is 152 cm³/mol. The summed E-state index contributed by atoms with van der Waals surface area (Å²) in [5.74, 6) is -2.11. The standard InChI is InChI=1S/C27H24ClF3N6O7/c1-34-4-6-35(7-5-34)18-12-16(27(29,30)31)11-17(13-18)33-25(38)15-2-3-19(28)21(10-15)44-22-20(37(41)42)14-32-24-23(22)43-9-8-36(24)26(39)40/h2-3,10-14H,4-9H2,1H3,(H,33,38)(H,39,40). The number of benzene rings is 2. The second-order valence-electron chi connectivity index (χ2n) is 9.92. The molecule has 17 heteroatoms. The number of carbonyl (C=O) groups excluding carboxylic acids is 1. The second-order valence-corrected chi connectivity index (χ2v) is 10.3. The van der Waals surface area contributed by atoms with Crippen LogP contribution in [-0.4, -0.2) is 78.3 Å². The summed E-state index contributed by atoms with van der Waals surface area (Å²) in [4.78, 5) is 44.3. The van der Waals surface area contributed by atoms with Crippen molar-refractivity contribution < 1.29 is 42.3 Å². The number of fused-ring (bicyclic) bond motifs is 1. The molecule has 0 spiro atoms. The van der Waals surface area contributed by atoms with Crippen molar-refractivity contribution in [3.8, 4) is 17.2 Å². The van der Waals surface area contributed by atoms with Gasteiger partial charge < -0.3 is 29.7 Å². The maximum Gasteiger partial charge on any atom is 0.416 e. The van der Waals surface area contributed by atoms with Gasteiger partial charge in [0.2, 0.25) is 5.75 Å². The number of alkyl halides is 3. The van der Waals surface area contributed by atoms with E-state index in [-0.39, 0.29) is 46.7 Å². The largest absolute Gasteiger partial charge is 0.484 e. The highest BCUT2D eigenvalue weighted by atomic mass is 35.5. The second kappa shape index (κ2) is 12.0. The molecule has 13 nitrogen and oxygen atoms in total. The van der Waals surface area contributed by atoms with E-state index in [0.29, 0.717) is 31.9 Å². The molecule has 44 heavy (non-hydrogen) atoms. The summed E-state index contributed by atoms with van der Waals surface area (Å²) in [6, 6.07) is 7.00. The van der Waals surface area contributed by atoms with Crippen LogP contribution in [0.2, 0.25) is 5.02 Å². The van der Waals surface area contributed by atoms with Crippen LogP contribution in [-0.2, 0) is 6.18 Å². The summed E-state index contributed by atoms with van der Waals surface area (Å²) >= 11 is 6.27. The Labute approximate surface area is 252 Å². The molecule has 0 radical (unpaired) electrons. The number of pyridine rings is 1. The SMILES string of the molecule is CN1CCN(c2cc(NC(=O)c3ccc(Cl)c(Oc4c([N+](=O)[O-])cnc5c4OCCN5C(=O)O)c3)cc(C(F)(F)F)c2)CC1. The molecule has 0 atom stereocenters. The van der Waals surface area contributed by atoms with Crippen LogP contribution in [0, 0.1) is 10.1 Å². The molecule has 1 saturated heterocycles. The van der Waals surface area contributed by atoms with Gasteiger partial charge in [-0.25, -0.2) is 9.78 Å². The number of hydrogen-bond acceptors (Lipinski definition) is 9. The highest BCUT2D eigenvalue weighted by Gasteiger charge is 2.35. The topological polar surface area (TPSA) is 151 Å². The van der Waals surface area contributed by atoms with Crippen molar-refractivity contribution in [3.63, 3.8) is 0 Å². The van der Waals surface area contributed by atoms with Crippen molar-refractivity contribution in [2.24, 2.45) is 0 Å². The molecule has 5 rings (SSSR count). The van der Waals surface area contributed by atoms with Gasteiger partial charge >= 0.3 is 18.0 Å². The first-order chi connectivity index (χ1) is 20.8. The Kier molecular flexibility index (Phi) is 8.38. The highest BCUT2D eigenvalue weighted by Crippen LogP contribution is 2.47. The predicted octanol–water partition coefficient (Wildman–Crippen LogP) is 5.34. The smallest absolute Gasteiger partial charge is 0.416 e. The summed E-state index contributed by atoms with van der Waals surface area (Å²) in [7, 11) is 1.92. The summed E-state index contributed by atoms with van der Waals surface area (Å²) in [6.07, 6.45) is -5.24. The van der Waals surface area contributed by atoms with Crippen molar-refractivity contribution in [2.45, 2.75) is 6.18 Å². The monoisotopic (exact) mass is 636 g/mol. The number of carbonyl (C=O) groups is 2. The highest BCUT2D eigenvalue weighted by molar-refractivity contribution is 6.32. The minimum Gasteiger partial charge on any atom is -0.484 e. The van der Waals surface area contributed by atoms with Crippen LogP contribution in [0.25, 0.3) is 0 Å². The molecular formula is C27H24ClF3N6O7. The van der Waals surface area contributed by atoms with Crippen LogP contribution in [0.4, 0.5) is 40.8 Å². The van der Waals surface area contributed by atoms with Gasteiger partial charge in [0.05, 0.1) is 22.1 Å². The number of aromatic nitrogens is 1. The molecule has 0 saturated carbocycles. The Morgan fingerprint density at radius 2 is 1.86 bits per heavy atom. The van der Waals surface area contributed by atoms with E-state index in [9.17, 15) is 38.0 Å². The van der Waals surface area contributed by atoms with Crippen LogP contribution in [0.1, 0.15) is 15.9 Å². The molecule has 0 bridgehead atoms. The number of halogens is 4. The number of hydrogen-bond donors (Lipinski definition) is 2. The van der Waals surface area contributed by atoms with Crippen LogP contribution in [0.3, 0.4) is 0 Å². The van der Waals surface area contributed by atoms with E-state index < -0.39 is 40.1 Å². The number of likely N-dealkylation sites (N-methyl/N-ethyl adjacent to an activating group) is 1. The molecule has 1 aromatic heterocycles. The lowest BCUT2D eigenvalue weighted by Crippen LogP contribution is -2.44. The average molecular weight is 637 g/mol. The van der Waals surface area contributed by atoms with E-state index in [2.05, 4.69) is 15.2 Å². The first kappa shape index (κ1) is 30.6. The summed E-state index contributed by atoms with van der Waals surface area (Å²) in [6.45, 7) is 2.08. The van der Waals surface area contributed by atoms with Crippen LogP contribution in [0.5, 0.6) is 17.2 Å². The molecule has 3 aromatic rings. The van der Waals surface area contributed by atoms with Gasteiger partial charge in [-0.2, -0.15) is 13.2 Å². The molecule has 2 amide bonds. The molecule has 0 unspecified atom stereocenters. The van der Waals surface area contributed by atoms with Gasteiger partial charge in [-0.05, 0) is 43.4 Å². The van der Waals surface area contributed by atoms with Crippen LogP contribution < -0.4 is 24.6 Å². The van der Waals surface area contributed by atoms with E-state index in [4.69, 9.17) is 21.1 Å². The van der Waals surface area contributed by atoms with Crippen molar-refractivity contribution >= 4 is 46.5 Å². The number of nitrogens with zero attached hydrogens (tertiary/aromatic N) is 5. The van der Waals surface area contributed by atoms with E-state index in [0.717, 1.165) is 29.3 Å². The molecular weight excluding hydrogens is 613 g/mol. The Bertz CT molecular complexity index is 1630. The van der Waals surface area contributed by atoms with Gasteiger partial charge in [-0.1, -0.05) is 11.6 Å². The lowest BCUT2D eigenvalue weighted by molar-refractivity contribution is -0.386. The minimum absolute atomic E-state index is 0.0799. The number of anilines is 3. The number of piperazine rings is 1. The summed E-state index contributed by atoms with van der Waals surface area (Å²) in [5, 5.41) is 23.6. The zero-order valence-corrected chi connectivity index (χ0v) is 23.7. The molecule has 2 N–H and O–H groups in total. The van der Waals surface area contributed by atoms with Gasteiger partial charge in [0.1, 0.15) is 18.6 Å². The number of nitrogens with one attached hydrogen (secondary N) is 1. The lowest BCUT2D eigenvalue weighted by atomic mass is 10.1. The molecule has 2 aliphatic rings. The molecule has 2 aromatic carbocycles. The minimum atomic E-state index is -4.67. The third-order valence-electron chi connectivity index (χ3n) is 6.97. The van der Waals surface area contributed by atoms with Crippen molar-refractivity contribution in [1.29, 1.82) is 0 Å². The Morgan fingerprint density at radius 1 is 1.14 bits per heavy atom. The number of rotatable bonds is 6. The van der Waals surface area contributed by atoms with Gasteiger partial charge in [0, 0.05) is 43.1 Å². The van der Waals surface area contributed by atoms with Gasteiger partial charge in [-0.15, -0.1) is 0 Å². The number of amides is 2. The van der Waals surface area contributed by atoms with E-state index >= 15 is 0 Å². The molecule has 3 heterocycles. The molecule has 1 fully saturated rings. The quantitative estimate of drug-likeness (QED) is 0.268. The van der Waals surface area contributed by atoms with Gasteiger partial charge in [0.15, 0.2) is 5.82 Å². The number of nitro groups is 1. The van der Waals surface area contributed by atoms with Crippen molar-refractivity contribution in [3.05, 3.63) is 68.9 Å². The Hall–Kier alpha value is -4.83. The molecule has 0 aliphatic carbocycles. The first-order valence-corrected chi connectivity index (χ1v) is 13.4. The maximum absolute atomic E-state index is 13.8. The fourth-order valence-corrected chi connectivity index (χ4v) is 4.83. The Balaban J connectivity index is 1.46. The molecule has 2 aliphatic heterocycles. The molecule has 232 valence electrons. The van der Waals surface area contributed by atoms with Gasteiger partial charge in [0.25, 0.3) is 11.7 Å². The third-order valence-corrected chi connectivity index (χ3v) is 7.28. The first-order valence-electron chi connectivity index (χ1n) is 13.1. The fraction of sp³-hybridized carbons (Fsp3) is 0.296.